The summed E-state index contributed by atoms with van der Waals surface area (Å²) < 4.78 is 0. The van der Waals surface area contributed by atoms with E-state index in [1.165, 1.54) is 12.1 Å². The molecule has 0 aliphatic carbocycles. The van der Waals surface area contributed by atoms with E-state index in [9.17, 15) is 14.9 Å². The van der Waals surface area contributed by atoms with Gasteiger partial charge in [-0.15, -0.1) is 0 Å². The van der Waals surface area contributed by atoms with E-state index < -0.39 is 4.92 Å². The van der Waals surface area contributed by atoms with Crippen LogP contribution in [0.25, 0.3) is 11.0 Å². The third-order valence-corrected chi connectivity index (χ3v) is 3.81. The minimum absolute atomic E-state index is 0.0467. The maximum Gasteiger partial charge on any atom is 0.270 e. The number of aromatic amines is 1. The lowest BCUT2D eigenvalue weighted by atomic mass is 10.2. The Bertz CT molecular complexity index is 890. The fourth-order valence-electron chi connectivity index (χ4n) is 2.32. The molecule has 0 saturated heterocycles. The van der Waals surface area contributed by atoms with E-state index in [4.69, 9.17) is 11.6 Å². The number of nitrogens with one attached hydrogen (secondary N) is 2. The van der Waals surface area contributed by atoms with Crippen LogP contribution in [0.15, 0.2) is 42.5 Å². The molecule has 3 rings (SSSR count). The van der Waals surface area contributed by atoms with Gasteiger partial charge in [-0.25, -0.2) is 4.98 Å². The number of hydrogen-bond donors (Lipinski definition) is 2. The van der Waals surface area contributed by atoms with Gasteiger partial charge in [-0.3, -0.25) is 14.9 Å². The van der Waals surface area contributed by atoms with E-state index in [2.05, 4.69) is 15.3 Å². The van der Waals surface area contributed by atoms with Crippen LogP contribution in [-0.4, -0.2) is 27.3 Å². The molecular weight excluding hydrogens is 332 g/mol. The number of fused-ring (bicyclic) bond motifs is 1. The highest BCUT2D eigenvalue weighted by Gasteiger charge is 2.14. The average Bonchev–Trinajstić information content (AvgIpc) is 2.97. The Kier molecular flexibility index (Phi) is 4.43. The largest absolute Gasteiger partial charge is 0.352 e. The van der Waals surface area contributed by atoms with Crippen molar-refractivity contribution in [1.29, 1.82) is 0 Å². The molecule has 24 heavy (non-hydrogen) atoms. The van der Waals surface area contributed by atoms with Gasteiger partial charge in [-0.1, -0.05) is 23.7 Å². The van der Waals surface area contributed by atoms with Crippen molar-refractivity contribution >= 4 is 34.2 Å². The zero-order valence-corrected chi connectivity index (χ0v) is 13.2. The van der Waals surface area contributed by atoms with Crippen molar-refractivity contribution < 1.29 is 9.72 Å². The van der Waals surface area contributed by atoms with Crippen LogP contribution >= 0.6 is 11.6 Å². The van der Waals surface area contributed by atoms with E-state index in [0.29, 0.717) is 13.0 Å². The summed E-state index contributed by atoms with van der Waals surface area (Å²) in [6.07, 6.45) is 0.533. The minimum Gasteiger partial charge on any atom is -0.352 e. The van der Waals surface area contributed by atoms with Crippen molar-refractivity contribution in [3.05, 3.63) is 69.0 Å². The third-order valence-electron chi connectivity index (χ3n) is 3.49. The Morgan fingerprint density at radius 1 is 1.29 bits per heavy atom. The summed E-state index contributed by atoms with van der Waals surface area (Å²) in [6.45, 7) is 0.367. The Balaban J connectivity index is 1.62. The van der Waals surface area contributed by atoms with Crippen LogP contribution in [0.2, 0.25) is 5.02 Å². The molecule has 0 atom stereocenters. The molecule has 1 amide bonds. The van der Waals surface area contributed by atoms with Gasteiger partial charge in [0.1, 0.15) is 5.82 Å². The maximum absolute atomic E-state index is 12.1. The number of carbonyl (C=O) groups excluding carboxylic acids is 1. The quantitative estimate of drug-likeness (QED) is 0.548. The molecule has 0 unspecified atom stereocenters. The topological polar surface area (TPSA) is 101 Å². The molecule has 0 fully saturated rings. The zero-order chi connectivity index (χ0) is 17.1. The summed E-state index contributed by atoms with van der Waals surface area (Å²) in [5, 5.41) is 13.4. The number of imidazole rings is 1. The van der Waals surface area contributed by atoms with E-state index >= 15 is 0 Å². The van der Waals surface area contributed by atoms with Crippen LogP contribution in [0.5, 0.6) is 0 Å². The van der Waals surface area contributed by atoms with E-state index in [1.54, 1.807) is 0 Å². The van der Waals surface area contributed by atoms with Crippen LogP contribution in [0.1, 0.15) is 16.2 Å². The molecule has 2 aromatic carbocycles. The lowest BCUT2D eigenvalue weighted by molar-refractivity contribution is -0.384. The molecule has 0 aliphatic heterocycles. The molecule has 3 aromatic rings. The number of nitrogens with zero attached hydrogens (tertiary/aromatic N) is 2. The smallest absolute Gasteiger partial charge is 0.270 e. The second-order valence-corrected chi connectivity index (χ2v) is 5.54. The van der Waals surface area contributed by atoms with E-state index in [0.717, 1.165) is 22.9 Å². The van der Waals surface area contributed by atoms with E-state index in [1.807, 2.05) is 24.3 Å². The van der Waals surface area contributed by atoms with Crippen molar-refractivity contribution in [2.24, 2.45) is 0 Å². The minimum atomic E-state index is -0.560. The summed E-state index contributed by atoms with van der Waals surface area (Å²) in [6, 6.07) is 11.4. The predicted octanol–water partition coefficient (Wildman–Crippen LogP) is 3.10. The van der Waals surface area contributed by atoms with Gasteiger partial charge in [0, 0.05) is 25.1 Å². The van der Waals surface area contributed by atoms with Gasteiger partial charge in [-0.05, 0) is 18.2 Å². The van der Waals surface area contributed by atoms with Gasteiger partial charge in [0.05, 0.1) is 26.5 Å². The Hall–Kier alpha value is -2.93. The van der Waals surface area contributed by atoms with Crippen molar-refractivity contribution in [2.75, 3.05) is 6.54 Å². The second kappa shape index (κ2) is 6.67. The second-order valence-electron chi connectivity index (χ2n) is 5.13. The number of H-pyrrole nitrogens is 1. The number of hydrogen-bond acceptors (Lipinski definition) is 4. The molecule has 0 aliphatic rings. The lowest BCUT2D eigenvalue weighted by Gasteiger charge is -2.05. The molecule has 8 heteroatoms. The van der Waals surface area contributed by atoms with Crippen LogP contribution in [0, 0.1) is 10.1 Å². The van der Waals surface area contributed by atoms with Gasteiger partial charge >= 0.3 is 0 Å². The van der Waals surface area contributed by atoms with Gasteiger partial charge in [0.25, 0.3) is 11.6 Å². The third kappa shape index (κ3) is 3.36. The fraction of sp³-hybridized carbons (Fsp3) is 0.125. The van der Waals surface area contributed by atoms with Crippen molar-refractivity contribution in [3.8, 4) is 0 Å². The molecule has 2 N–H and O–H groups in total. The number of aromatic nitrogens is 2. The average molecular weight is 345 g/mol. The molecule has 1 aromatic heterocycles. The normalized spacial score (nSPS) is 10.7. The summed E-state index contributed by atoms with van der Waals surface area (Å²) in [4.78, 5) is 29.8. The number of para-hydroxylation sites is 2. The van der Waals surface area contributed by atoms with Crippen LogP contribution in [0.3, 0.4) is 0 Å². The van der Waals surface area contributed by atoms with Crippen molar-refractivity contribution in [2.45, 2.75) is 6.42 Å². The highest BCUT2D eigenvalue weighted by atomic mass is 35.5. The predicted molar refractivity (Wildman–Crippen MR) is 90.2 cm³/mol. The first-order valence-corrected chi connectivity index (χ1v) is 7.58. The number of nitro groups is 1. The number of carbonyl (C=O) groups is 1. The highest BCUT2D eigenvalue weighted by Crippen LogP contribution is 2.22. The number of amides is 1. The lowest BCUT2D eigenvalue weighted by Crippen LogP contribution is -2.26. The summed E-state index contributed by atoms with van der Waals surface area (Å²) in [7, 11) is 0. The molecule has 1 heterocycles. The maximum atomic E-state index is 12.1. The van der Waals surface area contributed by atoms with Gasteiger partial charge in [0.15, 0.2) is 0 Å². The van der Waals surface area contributed by atoms with E-state index in [-0.39, 0.29) is 22.2 Å². The molecule has 122 valence electrons. The number of nitro benzene ring substituents is 1. The summed E-state index contributed by atoms with van der Waals surface area (Å²) >= 11 is 5.93. The number of benzene rings is 2. The number of rotatable bonds is 5. The van der Waals surface area contributed by atoms with Gasteiger partial charge in [-0.2, -0.15) is 0 Å². The number of halogens is 1. The Labute approximate surface area is 141 Å². The molecular formula is C16H13ClN4O3. The Morgan fingerprint density at radius 2 is 2.08 bits per heavy atom. The van der Waals surface area contributed by atoms with Crippen molar-refractivity contribution in [3.63, 3.8) is 0 Å². The van der Waals surface area contributed by atoms with Crippen LogP contribution < -0.4 is 5.32 Å². The van der Waals surface area contributed by atoms with Crippen LogP contribution in [-0.2, 0) is 6.42 Å². The fourth-order valence-corrected chi connectivity index (χ4v) is 2.58. The zero-order valence-electron chi connectivity index (χ0n) is 12.5. The van der Waals surface area contributed by atoms with Crippen LogP contribution in [0.4, 0.5) is 5.69 Å². The Morgan fingerprint density at radius 3 is 2.79 bits per heavy atom. The monoisotopic (exact) mass is 344 g/mol. The highest BCUT2D eigenvalue weighted by molar-refractivity contribution is 6.34. The van der Waals surface area contributed by atoms with Gasteiger partial charge in [0.2, 0.25) is 0 Å². The molecule has 0 radical (unpaired) electrons. The SMILES string of the molecule is O=C(NCCc1nc2ccccc2[nH]1)c1ccc([N+](=O)[O-])cc1Cl. The summed E-state index contributed by atoms with van der Waals surface area (Å²) in [5.74, 6) is 0.386. The standard InChI is InChI=1S/C16H13ClN4O3/c17-12-9-10(21(23)24)5-6-11(12)16(22)18-8-7-15-19-13-3-1-2-4-14(13)20-15/h1-6,9H,7-8H2,(H,18,22)(H,19,20). The summed E-state index contributed by atoms with van der Waals surface area (Å²) in [5.41, 5.74) is 1.86. The molecule has 7 nitrogen and oxygen atoms in total. The first kappa shape index (κ1) is 15.9. The molecule has 0 bridgehead atoms. The molecule has 0 saturated carbocycles. The van der Waals surface area contributed by atoms with Crippen molar-refractivity contribution in [1.82, 2.24) is 15.3 Å². The number of non-ortho nitro benzene ring substituents is 1. The molecule has 0 spiro atoms. The first-order chi connectivity index (χ1) is 11.5. The van der Waals surface area contributed by atoms with Gasteiger partial charge < -0.3 is 10.3 Å². The first-order valence-electron chi connectivity index (χ1n) is 7.20.